The highest BCUT2D eigenvalue weighted by atomic mass is 16.6. The highest BCUT2D eigenvalue weighted by molar-refractivity contribution is 5.81. The molecule has 1 N–H and O–H groups in total. The van der Waals surface area contributed by atoms with Crippen molar-refractivity contribution < 1.29 is 10.0 Å². The number of benzene rings is 1. The normalized spacial score (nSPS) is 12.6. The fraction of sp³-hybridized carbons (Fsp3) is 0.182. The number of nitrogens with zero attached hydrogens (tertiary/aromatic N) is 2. The highest BCUT2D eigenvalue weighted by Crippen LogP contribution is 2.22. The van der Waals surface area contributed by atoms with Gasteiger partial charge in [-0.1, -0.05) is 0 Å². The first-order valence-corrected chi connectivity index (χ1v) is 4.80. The van der Waals surface area contributed by atoms with Crippen LogP contribution in [0.3, 0.4) is 0 Å². The number of aliphatic hydroxyl groups excluding tert-OH is 1. The highest BCUT2D eigenvalue weighted by Gasteiger charge is 2.08. The molecule has 1 heterocycles. The van der Waals surface area contributed by atoms with E-state index in [4.69, 9.17) is 0 Å². The monoisotopic (exact) mass is 218 g/mol. The Morgan fingerprint density at radius 1 is 1.44 bits per heavy atom. The molecule has 0 bridgehead atoms. The van der Waals surface area contributed by atoms with Crippen LogP contribution in [0.5, 0.6) is 0 Å². The van der Waals surface area contributed by atoms with E-state index in [1.54, 1.807) is 19.1 Å². The maximum atomic E-state index is 10.6. The van der Waals surface area contributed by atoms with Crippen molar-refractivity contribution in [2.75, 3.05) is 0 Å². The van der Waals surface area contributed by atoms with E-state index in [1.807, 2.05) is 0 Å². The van der Waals surface area contributed by atoms with E-state index in [0.717, 1.165) is 5.39 Å². The van der Waals surface area contributed by atoms with E-state index >= 15 is 0 Å². The molecule has 0 fully saturated rings. The van der Waals surface area contributed by atoms with Gasteiger partial charge in [0.2, 0.25) is 0 Å². The van der Waals surface area contributed by atoms with Crippen molar-refractivity contribution >= 4 is 16.6 Å². The number of aliphatic hydroxyl groups is 1. The van der Waals surface area contributed by atoms with Gasteiger partial charge >= 0.3 is 0 Å². The van der Waals surface area contributed by atoms with Crippen LogP contribution in [0.4, 0.5) is 5.69 Å². The molecule has 0 radical (unpaired) electrons. The summed E-state index contributed by atoms with van der Waals surface area (Å²) in [4.78, 5) is 14.2. The van der Waals surface area contributed by atoms with Crippen LogP contribution >= 0.6 is 0 Å². The van der Waals surface area contributed by atoms with E-state index in [9.17, 15) is 15.2 Å². The molecule has 5 nitrogen and oxygen atoms in total. The smallest absolute Gasteiger partial charge is 0.271 e. The Morgan fingerprint density at radius 3 is 2.81 bits per heavy atom. The second-order valence-corrected chi connectivity index (χ2v) is 3.58. The molecule has 0 spiro atoms. The SMILES string of the molecule is CC(O)c1cnc2cc([N+](=O)[O-])ccc2c1. The van der Waals surface area contributed by atoms with E-state index < -0.39 is 11.0 Å². The lowest BCUT2D eigenvalue weighted by Gasteiger charge is -2.05. The van der Waals surface area contributed by atoms with E-state index in [0.29, 0.717) is 11.1 Å². The van der Waals surface area contributed by atoms with Gasteiger partial charge < -0.3 is 5.11 Å². The maximum absolute atomic E-state index is 10.6. The minimum atomic E-state index is -0.591. The lowest BCUT2D eigenvalue weighted by atomic mass is 10.1. The maximum Gasteiger partial charge on any atom is 0.271 e. The predicted octanol–water partition coefficient (Wildman–Crippen LogP) is 2.20. The topological polar surface area (TPSA) is 76.3 Å². The predicted molar refractivity (Wildman–Crippen MR) is 59.0 cm³/mol. The van der Waals surface area contributed by atoms with Crippen molar-refractivity contribution in [2.24, 2.45) is 0 Å². The largest absolute Gasteiger partial charge is 0.389 e. The van der Waals surface area contributed by atoms with Gasteiger partial charge in [-0.25, -0.2) is 0 Å². The van der Waals surface area contributed by atoms with E-state index in [1.165, 1.54) is 18.3 Å². The molecule has 0 saturated carbocycles. The molecule has 5 heteroatoms. The van der Waals surface area contributed by atoms with Crippen LogP contribution in [0.1, 0.15) is 18.6 Å². The third-order valence-corrected chi connectivity index (χ3v) is 2.38. The molecule has 0 saturated heterocycles. The second-order valence-electron chi connectivity index (χ2n) is 3.58. The summed E-state index contributed by atoms with van der Waals surface area (Å²) in [5.74, 6) is 0. The number of fused-ring (bicyclic) bond motifs is 1. The molecular formula is C11H10N2O3. The summed E-state index contributed by atoms with van der Waals surface area (Å²) in [5, 5.41) is 20.7. The minimum Gasteiger partial charge on any atom is -0.389 e. The van der Waals surface area contributed by atoms with Gasteiger partial charge in [-0.2, -0.15) is 0 Å². The number of nitro benzene ring substituents is 1. The zero-order chi connectivity index (χ0) is 11.7. The fourth-order valence-corrected chi connectivity index (χ4v) is 1.47. The van der Waals surface area contributed by atoms with Crippen LogP contribution in [0.2, 0.25) is 0 Å². The van der Waals surface area contributed by atoms with Gasteiger partial charge in [0.1, 0.15) is 0 Å². The van der Waals surface area contributed by atoms with Crippen molar-refractivity contribution in [3.8, 4) is 0 Å². The van der Waals surface area contributed by atoms with Crippen LogP contribution in [-0.2, 0) is 0 Å². The van der Waals surface area contributed by atoms with Crippen molar-refractivity contribution in [1.82, 2.24) is 4.98 Å². The number of pyridine rings is 1. The first kappa shape index (κ1) is 10.5. The minimum absolute atomic E-state index is 0.0183. The van der Waals surface area contributed by atoms with Gasteiger partial charge in [0.05, 0.1) is 16.5 Å². The van der Waals surface area contributed by atoms with Crippen molar-refractivity contribution in [3.05, 3.63) is 46.1 Å². The van der Waals surface area contributed by atoms with Gasteiger partial charge in [-0.15, -0.1) is 0 Å². The Bertz CT molecular complexity index is 552. The van der Waals surface area contributed by atoms with Crippen LogP contribution in [0.15, 0.2) is 30.5 Å². The summed E-state index contributed by atoms with van der Waals surface area (Å²) >= 11 is 0. The Hall–Kier alpha value is -2.01. The van der Waals surface area contributed by atoms with E-state index in [-0.39, 0.29) is 5.69 Å². The number of aromatic nitrogens is 1. The summed E-state index contributed by atoms with van der Waals surface area (Å²) in [7, 11) is 0. The standard InChI is InChI=1S/C11H10N2O3/c1-7(14)9-4-8-2-3-10(13(15)16)5-11(8)12-6-9/h2-7,14H,1H3. The fourth-order valence-electron chi connectivity index (χ4n) is 1.47. The average Bonchev–Trinajstić information content (AvgIpc) is 2.27. The number of rotatable bonds is 2. The number of nitro groups is 1. The Balaban J connectivity index is 2.57. The first-order valence-electron chi connectivity index (χ1n) is 4.80. The zero-order valence-electron chi connectivity index (χ0n) is 8.62. The number of non-ortho nitro benzene ring substituents is 1. The van der Waals surface area contributed by atoms with Crippen LogP contribution in [0.25, 0.3) is 10.9 Å². The molecule has 1 atom stereocenters. The van der Waals surface area contributed by atoms with Crippen molar-refractivity contribution in [1.29, 1.82) is 0 Å². The van der Waals surface area contributed by atoms with Gasteiger partial charge in [-0.05, 0) is 24.6 Å². The van der Waals surface area contributed by atoms with Gasteiger partial charge in [0, 0.05) is 23.7 Å². The molecule has 0 amide bonds. The summed E-state index contributed by atoms with van der Waals surface area (Å²) in [6.07, 6.45) is 0.934. The molecular weight excluding hydrogens is 208 g/mol. The molecule has 0 aliphatic heterocycles. The Kier molecular flexibility index (Phi) is 2.54. The molecule has 1 unspecified atom stereocenters. The van der Waals surface area contributed by atoms with Crippen molar-refractivity contribution in [3.63, 3.8) is 0 Å². The molecule has 1 aromatic carbocycles. The summed E-state index contributed by atoms with van der Waals surface area (Å²) in [6, 6.07) is 6.25. The van der Waals surface area contributed by atoms with Gasteiger partial charge in [0.25, 0.3) is 5.69 Å². The Morgan fingerprint density at radius 2 is 2.19 bits per heavy atom. The Labute approximate surface area is 91.5 Å². The van der Waals surface area contributed by atoms with Crippen LogP contribution in [-0.4, -0.2) is 15.0 Å². The molecule has 0 aliphatic carbocycles. The van der Waals surface area contributed by atoms with Crippen molar-refractivity contribution in [2.45, 2.75) is 13.0 Å². The van der Waals surface area contributed by atoms with Crippen LogP contribution in [0, 0.1) is 10.1 Å². The molecule has 0 aliphatic rings. The molecule has 2 aromatic rings. The third kappa shape index (κ3) is 1.85. The first-order chi connectivity index (χ1) is 7.58. The summed E-state index contributed by atoms with van der Waals surface area (Å²) < 4.78 is 0. The lowest BCUT2D eigenvalue weighted by Crippen LogP contribution is -1.93. The van der Waals surface area contributed by atoms with Gasteiger partial charge in [0.15, 0.2) is 0 Å². The number of hydrogen-bond donors (Lipinski definition) is 1. The quantitative estimate of drug-likeness (QED) is 0.619. The van der Waals surface area contributed by atoms with E-state index in [2.05, 4.69) is 4.98 Å². The third-order valence-electron chi connectivity index (χ3n) is 2.38. The molecule has 16 heavy (non-hydrogen) atoms. The molecule has 82 valence electrons. The lowest BCUT2D eigenvalue weighted by molar-refractivity contribution is -0.384. The average molecular weight is 218 g/mol. The van der Waals surface area contributed by atoms with Gasteiger partial charge in [-0.3, -0.25) is 15.1 Å². The zero-order valence-corrected chi connectivity index (χ0v) is 8.62. The number of hydrogen-bond acceptors (Lipinski definition) is 4. The second kappa shape index (κ2) is 3.86. The molecule has 2 rings (SSSR count). The summed E-state index contributed by atoms with van der Waals surface area (Å²) in [5.41, 5.74) is 1.27. The van der Waals surface area contributed by atoms with Crippen LogP contribution < -0.4 is 0 Å². The summed E-state index contributed by atoms with van der Waals surface area (Å²) in [6.45, 7) is 1.65. The molecule has 1 aromatic heterocycles.